The van der Waals surface area contributed by atoms with Crippen molar-refractivity contribution >= 4 is 23.2 Å². The number of carbonyl (C=O) groups is 2. The molecule has 2 N–H and O–H groups in total. The number of carboxylic acids is 1. The van der Waals surface area contributed by atoms with Gasteiger partial charge < -0.3 is 19.6 Å². The number of aromatic nitrogens is 4. The van der Waals surface area contributed by atoms with Crippen molar-refractivity contribution in [3.8, 4) is 5.75 Å². The molecule has 0 unspecified atom stereocenters. The summed E-state index contributed by atoms with van der Waals surface area (Å²) in [6.45, 7) is 5.37. The van der Waals surface area contributed by atoms with E-state index in [2.05, 4.69) is 15.3 Å². The molecule has 1 amide bonds. The number of amides is 1. The Labute approximate surface area is 185 Å². The lowest BCUT2D eigenvalue weighted by Gasteiger charge is -2.29. The highest BCUT2D eigenvalue weighted by Crippen LogP contribution is 2.31. The van der Waals surface area contributed by atoms with Gasteiger partial charge in [-0.05, 0) is 45.8 Å². The summed E-state index contributed by atoms with van der Waals surface area (Å²) < 4.78 is 7.81. The van der Waals surface area contributed by atoms with E-state index in [1.165, 1.54) is 12.5 Å². The van der Waals surface area contributed by atoms with Crippen molar-refractivity contribution in [3.63, 3.8) is 0 Å². The number of carbonyl (C=O) groups excluding carboxylic acids is 1. The molecular weight excluding hydrogens is 412 g/mol. The molecule has 0 radical (unpaired) electrons. The van der Waals surface area contributed by atoms with E-state index < -0.39 is 5.97 Å². The van der Waals surface area contributed by atoms with Gasteiger partial charge in [-0.25, -0.2) is 15.0 Å². The quantitative estimate of drug-likeness (QED) is 0.577. The van der Waals surface area contributed by atoms with E-state index in [-0.39, 0.29) is 30.2 Å². The molecule has 0 bridgehead atoms. The van der Waals surface area contributed by atoms with Gasteiger partial charge in [0, 0.05) is 30.6 Å². The number of hydrogen-bond donors (Lipinski definition) is 2. The molecule has 4 rings (SSSR count). The van der Waals surface area contributed by atoms with Gasteiger partial charge in [0.1, 0.15) is 29.1 Å². The van der Waals surface area contributed by atoms with E-state index in [1.54, 1.807) is 12.3 Å². The lowest BCUT2D eigenvalue weighted by atomic mass is 9.94. The van der Waals surface area contributed by atoms with Crippen LogP contribution in [0.1, 0.15) is 48.8 Å². The number of hydrogen-bond acceptors (Lipinski definition) is 7. The Balaban J connectivity index is 1.57. The number of nitrogens with zero attached hydrogens (tertiary/aromatic N) is 5. The number of fused-ring (bicyclic) bond motifs is 1. The van der Waals surface area contributed by atoms with Crippen LogP contribution in [0.4, 0.5) is 5.69 Å². The van der Waals surface area contributed by atoms with Crippen LogP contribution in [-0.4, -0.2) is 67.0 Å². The fourth-order valence-corrected chi connectivity index (χ4v) is 3.87. The first-order valence-electron chi connectivity index (χ1n) is 10.6. The minimum absolute atomic E-state index is 0.0726. The van der Waals surface area contributed by atoms with Gasteiger partial charge in [0.2, 0.25) is 0 Å². The zero-order valence-electron chi connectivity index (χ0n) is 18.1. The average molecular weight is 438 g/mol. The largest absolute Gasteiger partial charge is 0.489 e. The third kappa shape index (κ3) is 5.02. The van der Waals surface area contributed by atoms with Gasteiger partial charge in [-0.3, -0.25) is 14.5 Å². The second-order valence-electron chi connectivity index (χ2n) is 8.14. The maximum atomic E-state index is 12.6. The van der Waals surface area contributed by atoms with Crippen LogP contribution in [0, 0.1) is 0 Å². The van der Waals surface area contributed by atoms with Gasteiger partial charge >= 0.3 is 5.97 Å². The van der Waals surface area contributed by atoms with E-state index in [9.17, 15) is 9.59 Å². The number of pyridine rings is 1. The van der Waals surface area contributed by atoms with Crippen LogP contribution in [0.2, 0.25) is 0 Å². The van der Waals surface area contributed by atoms with Gasteiger partial charge in [0.15, 0.2) is 0 Å². The molecule has 1 fully saturated rings. The summed E-state index contributed by atoms with van der Waals surface area (Å²) in [6, 6.07) is 3.36. The Kier molecular flexibility index (Phi) is 6.31. The van der Waals surface area contributed by atoms with Crippen molar-refractivity contribution < 1.29 is 19.4 Å². The highest BCUT2D eigenvalue weighted by Gasteiger charge is 2.24. The summed E-state index contributed by atoms with van der Waals surface area (Å²) in [5.41, 5.74) is 2.46. The normalized spacial score (nSPS) is 15.2. The van der Waals surface area contributed by atoms with Crippen LogP contribution in [0.25, 0.3) is 5.65 Å². The van der Waals surface area contributed by atoms with Gasteiger partial charge in [-0.15, -0.1) is 0 Å². The fraction of sp³-hybridized carbons (Fsp3) is 0.409. The third-order valence-corrected chi connectivity index (χ3v) is 5.36. The molecule has 1 aliphatic rings. The fourth-order valence-electron chi connectivity index (χ4n) is 3.87. The number of nitrogens with one attached hydrogen (secondary N) is 1. The summed E-state index contributed by atoms with van der Waals surface area (Å²) >= 11 is 0. The van der Waals surface area contributed by atoms with Crippen molar-refractivity contribution in [2.45, 2.75) is 38.7 Å². The first-order valence-corrected chi connectivity index (χ1v) is 10.6. The highest BCUT2D eigenvalue weighted by molar-refractivity contribution is 6.03. The number of imidazole rings is 1. The Hall–Kier alpha value is -3.53. The van der Waals surface area contributed by atoms with Gasteiger partial charge in [0.05, 0.1) is 18.3 Å². The Bertz CT molecular complexity index is 1110. The standard InChI is InChI=1S/C22H26N6O4/c1-14(2)32-19-9-20-25-17(15-4-7-27(8-5-15)12-21(29)30)10-28(20)11-18(19)26-22(31)16-3-6-23-13-24-16/h3,6,9-11,13-15H,4-5,7-8,12H2,1-2H3,(H,26,31)(H,29,30). The molecule has 3 aromatic rings. The topological polar surface area (TPSA) is 122 Å². The molecule has 10 nitrogen and oxygen atoms in total. The molecule has 1 aliphatic heterocycles. The summed E-state index contributed by atoms with van der Waals surface area (Å²) in [4.78, 5) is 38.1. The molecule has 168 valence electrons. The first kappa shape index (κ1) is 21.7. The summed E-state index contributed by atoms with van der Waals surface area (Å²) in [5.74, 6) is -0.367. The number of carboxylic acid groups (broad SMARTS) is 1. The summed E-state index contributed by atoms with van der Waals surface area (Å²) in [5, 5.41) is 11.9. The molecule has 3 aromatic heterocycles. The molecule has 10 heteroatoms. The van der Waals surface area contributed by atoms with Crippen molar-refractivity contribution in [1.82, 2.24) is 24.3 Å². The monoisotopic (exact) mass is 438 g/mol. The molecule has 0 spiro atoms. The highest BCUT2D eigenvalue weighted by atomic mass is 16.5. The molecule has 0 aliphatic carbocycles. The maximum absolute atomic E-state index is 12.6. The number of aliphatic carboxylic acids is 1. The molecule has 0 saturated carbocycles. The molecule has 1 saturated heterocycles. The Morgan fingerprint density at radius 1 is 1.28 bits per heavy atom. The van der Waals surface area contributed by atoms with E-state index >= 15 is 0 Å². The molecule has 0 atom stereocenters. The molecule has 0 aromatic carbocycles. The molecular formula is C22H26N6O4. The van der Waals surface area contributed by atoms with Gasteiger partial charge in [-0.2, -0.15) is 0 Å². The zero-order chi connectivity index (χ0) is 22.7. The van der Waals surface area contributed by atoms with Crippen LogP contribution >= 0.6 is 0 Å². The van der Waals surface area contributed by atoms with E-state index in [0.717, 1.165) is 37.3 Å². The first-order chi connectivity index (χ1) is 15.4. The summed E-state index contributed by atoms with van der Waals surface area (Å²) in [6.07, 6.45) is 8.22. The van der Waals surface area contributed by atoms with Gasteiger partial charge in [-0.1, -0.05) is 0 Å². The number of rotatable bonds is 7. The Morgan fingerprint density at radius 2 is 2.06 bits per heavy atom. The van der Waals surface area contributed by atoms with E-state index in [4.69, 9.17) is 14.8 Å². The van der Waals surface area contributed by atoms with Crippen LogP contribution < -0.4 is 10.1 Å². The maximum Gasteiger partial charge on any atom is 0.317 e. The smallest absolute Gasteiger partial charge is 0.317 e. The second kappa shape index (κ2) is 9.31. The van der Waals surface area contributed by atoms with Crippen LogP contribution in [0.3, 0.4) is 0 Å². The number of ether oxygens (including phenoxy) is 1. The van der Waals surface area contributed by atoms with Gasteiger partial charge in [0.25, 0.3) is 5.91 Å². The summed E-state index contributed by atoms with van der Waals surface area (Å²) in [7, 11) is 0. The number of piperidine rings is 1. The van der Waals surface area contributed by atoms with Crippen molar-refractivity contribution in [1.29, 1.82) is 0 Å². The van der Waals surface area contributed by atoms with E-state index in [1.807, 2.05) is 35.4 Å². The third-order valence-electron chi connectivity index (χ3n) is 5.36. The lowest BCUT2D eigenvalue weighted by Crippen LogP contribution is -2.36. The lowest BCUT2D eigenvalue weighted by molar-refractivity contribution is -0.138. The predicted octanol–water partition coefficient (Wildman–Crippen LogP) is 2.43. The number of anilines is 1. The average Bonchev–Trinajstić information content (AvgIpc) is 3.17. The SMILES string of the molecule is CC(C)Oc1cc2nc(C3CCN(CC(=O)O)CC3)cn2cc1NC(=O)c1ccncn1. The van der Waals surface area contributed by atoms with Crippen molar-refractivity contribution in [2.24, 2.45) is 0 Å². The Morgan fingerprint density at radius 3 is 2.72 bits per heavy atom. The minimum atomic E-state index is -0.801. The van der Waals surface area contributed by atoms with Crippen molar-refractivity contribution in [2.75, 3.05) is 25.0 Å². The molecule has 4 heterocycles. The van der Waals surface area contributed by atoms with Crippen LogP contribution in [0.5, 0.6) is 5.75 Å². The van der Waals surface area contributed by atoms with E-state index in [0.29, 0.717) is 11.4 Å². The van der Waals surface area contributed by atoms with Crippen molar-refractivity contribution in [3.05, 3.63) is 48.4 Å². The number of likely N-dealkylation sites (tertiary alicyclic amines) is 1. The molecule has 32 heavy (non-hydrogen) atoms. The zero-order valence-corrected chi connectivity index (χ0v) is 18.1. The second-order valence-corrected chi connectivity index (χ2v) is 8.14. The van der Waals surface area contributed by atoms with Crippen LogP contribution in [-0.2, 0) is 4.79 Å². The van der Waals surface area contributed by atoms with Crippen LogP contribution in [0.15, 0.2) is 37.1 Å². The predicted molar refractivity (Wildman–Crippen MR) is 117 cm³/mol. The minimum Gasteiger partial charge on any atom is -0.489 e.